The molecule has 0 aliphatic carbocycles. The Kier molecular flexibility index (Phi) is 5.17. The van der Waals surface area contributed by atoms with Crippen molar-refractivity contribution in [1.82, 2.24) is 5.32 Å². The van der Waals surface area contributed by atoms with Crippen LogP contribution in [0.4, 0.5) is 10.5 Å². The molecule has 7 heteroatoms. The van der Waals surface area contributed by atoms with Crippen molar-refractivity contribution in [3.8, 4) is 11.8 Å². The van der Waals surface area contributed by atoms with Crippen LogP contribution in [0, 0.1) is 11.3 Å². The van der Waals surface area contributed by atoms with Gasteiger partial charge in [0.2, 0.25) is 5.91 Å². The molecule has 100 valence electrons. The zero-order valence-electron chi connectivity index (χ0n) is 10.3. The normalized spacial score (nSPS) is 10.9. The van der Waals surface area contributed by atoms with Gasteiger partial charge in [0.05, 0.1) is 0 Å². The van der Waals surface area contributed by atoms with E-state index in [1.807, 2.05) is 6.07 Å². The molecule has 0 bridgehead atoms. The van der Waals surface area contributed by atoms with Gasteiger partial charge in [0, 0.05) is 5.69 Å². The van der Waals surface area contributed by atoms with E-state index in [0.717, 1.165) is 0 Å². The van der Waals surface area contributed by atoms with Crippen molar-refractivity contribution in [3.05, 3.63) is 24.3 Å². The second kappa shape index (κ2) is 6.86. The average Bonchev–Trinajstić information content (AvgIpc) is 2.37. The SMILES string of the molecule is CC(NC(N)=O)C(=O)Nc1ccc(OCC#N)cc1. The first-order chi connectivity index (χ1) is 9.02. The molecule has 0 aliphatic heterocycles. The maximum atomic E-state index is 11.6. The lowest BCUT2D eigenvalue weighted by Gasteiger charge is -2.12. The van der Waals surface area contributed by atoms with Crippen LogP contribution in [0.3, 0.4) is 0 Å². The number of anilines is 1. The Bertz CT molecular complexity index is 493. The summed E-state index contributed by atoms with van der Waals surface area (Å²) in [5.41, 5.74) is 5.47. The van der Waals surface area contributed by atoms with Crippen molar-refractivity contribution in [2.24, 2.45) is 5.73 Å². The molecule has 7 nitrogen and oxygen atoms in total. The fourth-order valence-electron chi connectivity index (χ4n) is 1.28. The van der Waals surface area contributed by atoms with Crippen LogP contribution in [0.5, 0.6) is 5.75 Å². The largest absolute Gasteiger partial charge is 0.479 e. The summed E-state index contributed by atoms with van der Waals surface area (Å²) in [6.45, 7) is 1.48. The quantitative estimate of drug-likeness (QED) is 0.719. The zero-order chi connectivity index (χ0) is 14.3. The molecule has 19 heavy (non-hydrogen) atoms. The number of carbonyl (C=O) groups is 2. The highest BCUT2D eigenvalue weighted by Crippen LogP contribution is 2.15. The Hall–Kier alpha value is -2.75. The van der Waals surface area contributed by atoms with E-state index in [4.69, 9.17) is 15.7 Å². The molecule has 3 amide bonds. The highest BCUT2D eigenvalue weighted by molar-refractivity contribution is 5.96. The van der Waals surface area contributed by atoms with Gasteiger partial charge in [0.1, 0.15) is 17.9 Å². The van der Waals surface area contributed by atoms with Gasteiger partial charge in [0.15, 0.2) is 6.61 Å². The minimum Gasteiger partial charge on any atom is -0.479 e. The molecule has 0 aromatic heterocycles. The van der Waals surface area contributed by atoms with E-state index in [0.29, 0.717) is 11.4 Å². The van der Waals surface area contributed by atoms with Crippen LogP contribution < -0.4 is 21.1 Å². The number of nitriles is 1. The van der Waals surface area contributed by atoms with Crippen molar-refractivity contribution in [1.29, 1.82) is 5.26 Å². The Morgan fingerprint density at radius 2 is 2.05 bits per heavy atom. The monoisotopic (exact) mass is 262 g/mol. The van der Waals surface area contributed by atoms with Crippen LogP contribution in [-0.4, -0.2) is 24.6 Å². The number of carbonyl (C=O) groups excluding carboxylic acids is 2. The van der Waals surface area contributed by atoms with Crippen molar-refractivity contribution in [2.45, 2.75) is 13.0 Å². The number of nitrogens with one attached hydrogen (secondary N) is 2. The molecule has 1 unspecified atom stereocenters. The van der Waals surface area contributed by atoms with E-state index >= 15 is 0 Å². The first kappa shape index (κ1) is 14.3. The fourth-order valence-corrected chi connectivity index (χ4v) is 1.28. The van der Waals surface area contributed by atoms with Gasteiger partial charge in [-0.05, 0) is 31.2 Å². The highest BCUT2D eigenvalue weighted by Gasteiger charge is 2.13. The summed E-state index contributed by atoms with van der Waals surface area (Å²) < 4.78 is 5.07. The molecule has 0 radical (unpaired) electrons. The molecule has 1 aromatic rings. The number of ether oxygens (including phenoxy) is 1. The topological polar surface area (TPSA) is 117 Å². The van der Waals surface area contributed by atoms with Gasteiger partial charge < -0.3 is 21.1 Å². The van der Waals surface area contributed by atoms with Gasteiger partial charge >= 0.3 is 6.03 Å². The minimum atomic E-state index is -0.761. The van der Waals surface area contributed by atoms with Crippen molar-refractivity contribution in [3.63, 3.8) is 0 Å². The van der Waals surface area contributed by atoms with Gasteiger partial charge in [-0.3, -0.25) is 4.79 Å². The molecule has 0 saturated heterocycles. The minimum absolute atomic E-state index is 0.0364. The van der Waals surface area contributed by atoms with Gasteiger partial charge in [0.25, 0.3) is 0 Å². The van der Waals surface area contributed by atoms with Crippen molar-refractivity contribution in [2.75, 3.05) is 11.9 Å². The van der Waals surface area contributed by atoms with Gasteiger partial charge in [-0.2, -0.15) is 5.26 Å². The summed E-state index contributed by atoms with van der Waals surface area (Å²) >= 11 is 0. The Labute approximate surface area is 110 Å². The summed E-state index contributed by atoms with van der Waals surface area (Å²) in [5, 5.41) is 13.2. The van der Waals surface area contributed by atoms with Gasteiger partial charge in [-0.15, -0.1) is 0 Å². The van der Waals surface area contributed by atoms with Crippen LogP contribution in [0.25, 0.3) is 0 Å². The fraction of sp³-hybridized carbons (Fsp3) is 0.250. The third-order valence-corrected chi connectivity index (χ3v) is 2.18. The first-order valence-corrected chi connectivity index (χ1v) is 5.49. The van der Waals surface area contributed by atoms with E-state index in [1.165, 1.54) is 6.92 Å². The maximum Gasteiger partial charge on any atom is 0.312 e. The van der Waals surface area contributed by atoms with Crippen LogP contribution in [0.2, 0.25) is 0 Å². The van der Waals surface area contributed by atoms with Crippen molar-refractivity contribution >= 4 is 17.6 Å². The molecule has 0 aliphatic rings. The summed E-state index contributed by atoms with van der Waals surface area (Å²) in [5.74, 6) is 0.146. The number of hydrogen-bond donors (Lipinski definition) is 3. The Morgan fingerprint density at radius 3 is 2.58 bits per heavy atom. The molecule has 0 saturated carbocycles. The average molecular weight is 262 g/mol. The number of nitrogens with two attached hydrogens (primary N) is 1. The van der Waals surface area contributed by atoms with Crippen molar-refractivity contribution < 1.29 is 14.3 Å². The lowest BCUT2D eigenvalue weighted by Crippen LogP contribution is -2.44. The van der Waals surface area contributed by atoms with Crippen LogP contribution in [0.1, 0.15) is 6.92 Å². The second-order valence-corrected chi connectivity index (χ2v) is 3.69. The predicted octanol–water partition coefficient (Wildman–Crippen LogP) is 0.584. The number of primary amides is 1. The van der Waals surface area contributed by atoms with E-state index in [1.54, 1.807) is 24.3 Å². The smallest absolute Gasteiger partial charge is 0.312 e. The molecule has 1 rings (SSSR count). The lowest BCUT2D eigenvalue weighted by atomic mass is 10.2. The molecule has 1 atom stereocenters. The predicted molar refractivity (Wildman–Crippen MR) is 68.4 cm³/mol. The van der Waals surface area contributed by atoms with E-state index < -0.39 is 12.1 Å². The summed E-state index contributed by atoms with van der Waals surface area (Å²) in [7, 11) is 0. The number of rotatable bonds is 5. The Morgan fingerprint density at radius 1 is 1.42 bits per heavy atom. The van der Waals surface area contributed by atoms with E-state index in [-0.39, 0.29) is 12.5 Å². The molecular formula is C12H14N4O3. The highest BCUT2D eigenvalue weighted by atomic mass is 16.5. The van der Waals surface area contributed by atoms with Crippen LogP contribution in [-0.2, 0) is 4.79 Å². The van der Waals surface area contributed by atoms with E-state index in [2.05, 4.69) is 10.6 Å². The number of nitrogens with zero attached hydrogens (tertiary/aromatic N) is 1. The summed E-state index contributed by atoms with van der Waals surface area (Å²) in [6, 6.07) is 6.86. The lowest BCUT2D eigenvalue weighted by molar-refractivity contribution is -0.117. The van der Waals surface area contributed by atoms with Crippen LogP contribution >= 0.6 is 0 Å². The second-order valence-electron chi connectivity index (χ2n) is 3.69. The van der Waals surface area contributed by atoms with Gasteiger partial charge in [-0.1, -0.05) is 0 Å². The van der Waals surface area contributed by atoms with Crippen LogP contribution in [0.15, 0.2) is 24.3 Å². The van der Waals surface area contributed by atoms with Gasteiger partial charge in [-0.25, -0.2) is 4.79 Å². The standard InChI is InChI=1S/C12H14N4O3/c1-8(15-12(14)18)11(17)16-9-2-4-10(5-3-9)19-7-6-13/h2-5,8H,7H2,1H3,(H,16,17)(H3,14,15,18). The molecule has 4 N–H and O–H groups in total. The zero-order valence-corrected chi connectivity index (χ0v) is 10.3. The number of amides is 3. The number of hydrogen-bond acceptors (Lipinski definition) is 4. The molecular weight excluding hydrogens is 248 g/mol. The third kappa shape index (κ3) is 4.95. The molecule has 0 spiro atoms. The molecule has 1 aromatic carbocycles. The van der Waals surface area contributed by atoms with E-state index in [9.17, 15) is 9.59 Å². The summed E-state index contributed by atoms with van der Waals surface area (Å²) in [4.78, 5) is 22.2. The molecule has 0 heterocycles. The first-order valence-electron chi connectivity index (χ1n) is 5.49. The summed E-state index contributed by atoms with van der Waals surface area (Å²) in [6.07, 6.45) is 0. The molecule has 0 fully saturated rings. The Balaban J connectivity index is 2.55. The third-order valence-electron chi connectivity index (χ3n) is 2.18. The number of benzene rings is 1. The number of urea groups is 1. The maximum absolute atomic E-state index is 11.6.